The maximum Gasteiger partial charge on any atom is 0.292 e. The average molecular weight is 1420 g/mol. The van der Waals surface area contributed by atoms with Crippen LogP contribution < -0.4 is 69.1 Å². The third kappa shape index (κ3) is 20.8. The Labute approximate surface area is 589 Å². The van der Waals surface area contributed by atoms with Crippen molar-refractivity contribution < 1.29 is 62.3 Å². The molecule has 0 spiro atoms. The van der Waals surface area contributed by atoms with E-state index in [4.69, 9.17) is 0 Å². The Morgan fingerprint density at radius 2 is 0.767 bits per heavy atom. The second kappa shape index (κ2) is 34.2. The quantitative estimate of drug-likeness (QED) is 0.0250. The number of imidazole rings is 3. The van der Waals surface area contributed by atoms with Gasteiger partial charge in [-0.3, -0.25) is 62.3 Å². The normalized spacial score (nSPS) is 11.3. The number of hydrogen-bond acceptors (Lipinski definition) is 17. The van der Waals surface area contributed by atoms with Crippen molar-refractivity contribution in [2.24, 2.45) is 56.4 Å². The highest BCUT2D eigenvalue weighted by Gasteiger charge is 2.26. The zero-order valence-electron chi connectivity index (χ0n) is 58.6. The first-order valence-electron chi connectivity index (χ1n) is 32.2. The van der Waals surface area contributed by atoms with E-state index in [1.807, 2.05) is 19.0 Å². The molecule has 546 valence electrons. The van der Waals surface area contributed by atoms with Crippen molar-refractivity contribution in [1.29, 1.82) is 0 Å². The van der Waals surface area contributed by atoms with Crippen molar-refractivity contribution in [1.82, 2.24) is 88.3 Å². The van der Waals surface area contributed by atoms with Crippen molar-refractivity contribution in [2.75, 3.05) is 90.6 Å². The molecule has 0 saturated heterocycles. The number of amides is 13. The second-order valence-corrected chi connectivity index (χ2v) is 24.3. The Morgan fingerprint density at radius 3 is 1.18 bits per heavy atom. The van der Waals surface area contributed by atoms with E-state index >= 15 is 0 Å². The van der Waals surface area contributed by atoms with E-state index in [0.717, 1.165) is 13.0 Å². The zero-order valence-corrected chi connectivity index (χ0v) is 58.6. The fourth-order valence-electron chi connectivity index (χ4n) is 10.5. The fraction of sp³-hybridized carbons (Fsp3) is 0.354. The lowest BCUT2D eigenvalue weighted by molar-refractivity contribution is -0.125. The molecule has 38 nitrogen and oxygen atoms in total. The van der Waals surface area contributed by atoms with Crippen LogP contribution in [0.5, 0.6) is 0 Å². The number of aryl methyl sites for hydroxylation is 8. The van der Waals surface area contributed by atoms with Crippen LogP contribution in [0.25, 0.3) is 0 Å². The predicted molar refractivity (Wildman–Crippen MR) is 376 cm³/mol. The van der Waals surface area contributed by atoms with E-state index < -0.39 is 76.9 Å². The van der Waals surface area contributed by atoms with Gasteiger partial charge in [0, 0.05) is 171 Å². The zero-order chi connectivity index (χ0) is 74.9. The summed E-state index contributed by atoms with van der Waals surface area (Å²) in [4.78, 5) is 184. The minimum Gasteiger partial charge on any atom is -0.356 e. The molecular weight excluding hydrogens is 1340 g/mol. The molecule has 38 heteroatoms. The summed E-state index contributed by atoms with van der Waals surface area (Å²) in [6, 6.07) is 6.06. The molecule has 0 fully saturated rings. The van der Waals surface area contributed by atoms with Crippen LogP contribution in [-0.2, 0) is 80.4 Å². The standard InChI is InChI=1S/C65H83N25O13/c1-37(91)72-43(13-18-70-63(101)55-78-49(35-89(55)10)80-62(100)48-26-39(31-87(48)8)74-53(94)16-21-71-64(102)56-79-50(36-90(56)11)81-65(103)54-67-22-24-83(54)4)57(95)75-40-29-47(88(9)32-40)61(99)77-42-28-45(85(6)34-42)59(97)69-20-15-52(93)73-38-25-46(86(7)30-38)60(98)76-41-27-44(84(5)33-41)58(96)68-19-14-51(92)66-17-12-23-82(2)3/h22,24-36,43H,12-21,23H2,1-11H3,(H,66,92)(H,68,96)(H,69,97)(H,70,101)(H,71,102)(H,72,91)(H,73,93)(H,74,94)(H,75,95)(H,76,98)(H,77,99)(H,80,100)(H,81,103)/t43-/m0/s1. The average Bonchev–Trinajstić information content (AvgIpc) is 1.70. The molecule has 0 saturated carbocycles. The molecule has 13 N–H and O–H groups in total. The number of rotatable bonds is 33. The molecule has 8 aromatic heterocycles. The molecule has 8 rings (SSSR count). The Balaban J connectivity index is 0.736. The molecule has 0 aliphatic heterocycles. The van der Waals surface area contributed by atoms with Gasteiger partial charge in [-0.2, -0.15) is 0 Å². The predicted octanol–water partition coefficient (Wildman–Crippen LogP) is 0.557. The van der Waals surface area contributed by atoms with Gasteiger partial charge in [0.15, 0.2) is 17.5 Å². The summed E-state index contributed by atoms with van der Waals surface area (Å²) in [6.07, 6.45) is 14.1. The number of aromatic nitrogens is 11. The molecule has 8 heterocycles. The Morgan fingerprint density at radius 1 is 0.388 bits per heavy atom. The number of nitrogens with zero attached hydrogens (tertiary/aromatic N) is 12. The third-order valence-corrected chi connectivity index (χ3v) is 15.6. The van der Waals surface area contributed by atoms with Crippen LogP contribution in [0.15, 0.2) is 86.1 Å². The number of nitrogens with one attached hydrogen (secondary N) is 13. The van der Waals surface area contributed by atoms with Crippen LogP contribution in [0.1, 0.15) is 123 Å². The summed E-state index contributed by atoms with van der Waals surface area (Å²) in [6.45, 7) is 2.43. The lowest BCUT2D eigenvalue weighted by atomic mass is 10.2. The van der Waals surface area contributed by atoms with Crippen LogP contribution in [0, 0.1) is 0 Å². The molecule has 8 aromatic rings. The summed E-state index contributed by atoms with van der Waals surface area (Å²) in [5.74, 6) is -6.68. The van der Waals surface area contributed by atoms with Crippen molar-refractivity contribution >= 4 is 117 Å². The smallest absolute Gasteiger partial charge is 0.292 e. The van der Waals surface area contributed by atoms with Gasteiger partial charge in [-0.15, -0.1) is 0 Å². The maximum atomic E-state index is 13.6. The van der Waals surface area contributed by atoms with Gasteiger partial charge in [0.1, 0.15) is 34.5 Å². The van der Waals surface area contributed by atoms with Crippen LogP contribution in [0.2, 0.25) is 0 Å². The first-order valence-corrected chi connectivity index (χ1v) is 32.2. The van der Waals surface area contributed by atoms with Gasteiger partial charge in [0.2, 0.25) is 41.2 Å². The number of carbonyl (C=O) groups is 13. The molecule has 0 radical (unpaired) electrons. The van der Waals surface area contributed by atoms with E-state index in [9.17, 15) is 62.3 Å². The molecule has 1 atom stereocenters. The minimum atomic E-state index is -1.16. The largest absolute Gasteiger partial charge is 0.356 e. The van der Waals surface area contributed by atoms with Crippen molar-refractivity contribution in [3.05, 3.63) is 132 Å². The molecule has 103 heavy (non-hydrogen) atoms. The van der Waals surface area contributed by atoms with Crippen molar-refractivity contribution in [2.45, 2.75) is 45.1 Å². The molecule has 0 bridgehead atoms. The fourth-order valence-corrected chi connectivity index (χ4v) is 10.5. The van der Waals surface area contributed by atoms with Gasteiger partial charge < -0.3 is 111 Å². The van der Waals surface area contributed by atoms with E-state index in [-0.39, 0.29) is 132 Å². The van der Waals surface area contributed by atoms with Crippen LogP contribution in [0.3, 0.4) is 0 Å². The molecular formula is C65H83N25O13. The third-order valence-electron chi connectivity index (χ3n) is 15.6. The van der Waals surface area contributed by atoms with E-state index in [0.29, 0.717) is 17.9 Å². The van der Waals surface area contributed by atoms with Gasteiger partial charge in [0.25, 0.3) is 47.3 Å². The van der Waals surface area contributed by atoms with E-state index in [1.165, 1.54) is 113 Å². The summed E-state index contributed by atoms with van der Waals surface area (Å²) in [7, 11) is 16.6. The highest BCUT2D eigenvalue weighted by atomic mass is 16.2. The maximum absolute atomic E-state index is 13.6. The molecule has 0 aromatic carbocycles. The lowest BCUT2D eigenvalue weighted by Gasteiger charge is -2.17. The minimum absolute atomic E-state index is 0.0117. The van der Waals surface area contributed by atoms with Crippen molar-refractivity contribution in [3.8, 4) is 0 Å². The summed E-state index contributed by atoms with van der Waals surface area (Å²) in [5, 5.41) is 34.9. The number of carbonyl (C=O) groups excluding carboxylic acids is 13. The molecule has 0 unspecified atom stereocenters. The van der Waals surface area contributed by atoms with Crippen LogP contribution in [-0.4, -0.2) is 193 Å². The first kappa shape index (κ1) is 75.9. The van der Waals surface area contributed by atoms with Crippen molar-refractivity contribution in [3.63, 3.8) is 0 Å². The topological polar surface area (TPSA) is 460 Å². The van der Waals surface area contributed by atoms with E-state index in [1.54, 1.807) is 72.5 Å². The van der Waals surface area contributed by atoms with E-state index in [2.05, 4.69) is 84.1 Å². The molecule has 13 amide bonds. The first-order chi connectivity index (χ1) is 48.9. The van der Waals surface area contributed by atoms with Gasteiger partial charge in [0.05, 0.1) is 28.4 Å². The highest BCUT2D eigenvalue weighted by Crippen LogP contribution is 2.22. The monoisotopic (exact) mass is 1420 g/mol. The van der Waals surface area contributed by atoms with Gasteiger partial charge in [-0.1, -0.05) is 0 Å². The highest BCUT2D eigenvalue weighted by molar-refractivity contribution is 6.08. The van der Waals surface area contributed by atoms with Gasteiger partial charge >= 0.3 is 0 Å². The summed E-state index contributed by atoms with van der Waals surface area (Å²) in [5.41, 5.74) is 2.20. The van der Waals surface area contributed by atoms with Gasteiger partial charge in [-0.25, -0.2) is 15.0 Å². The van der Waals surface area contributed by atoms with Gasteiger partial charge in [-0.05, 0) is 63.8 Å². The Hall–Kier alpha value is -12.9. The second-order valence-electron chi connectivity index (χ2n) is 24.3. The number of anilines is 7. The van der Waals surface area contributed by atoms with Crippen LogP contribution >= 0.6 is 0 Å². The summed E-state index contributed by atoms with van der Waals surface area (Å²) >= 11 is 0. The SMILES string of the molecule is CC(=O)N[C@@H](CCNC(=O)c1nc(NC(=O)c2cc(NC(=O)CCNC(=O)c3nc(NC(=O)c4nccn4C)cn3C)cn2C)cn1C)C(=O)Nc1cc(C(=O)Nc2cc(C(=O)NCCC(=O)Nc3cc(C(=O)Nc4cc(C(=O)NCCC(=O)NCCCN(C)C)n(C)c4)n(C)c3)n(C)c2)n(C)c1. The molecule has 0 aliphatic rings. The van der Waals surface area contributed by atoms with Crippen LogP contribution in [0.4, 0.5) is 40.1 Å². The molecule has 0 aliphatic carbocycles. The summed E-state index contributed by atoms with van der Waals surface area (Å²) < 4.78 is 11.7. The number of hydrogen-bond donors (Lipinski definition) is 13. The lowest BCUT2D eigenvalue weighted by Crippen LogP contribution is -2.45. The Bertz CT molecular complexity index is 4550. The Kier molecular flexibility index (Phi) is 25.2.